The molecule has 3 aromatic carbocycles. The van der Waals surface area contributed by atoms with Crippen molar-refractivity contribution in [2.75, 3.05) is 19.8 Å². The van der Waals surface area contributed by atoms with Crippen molar-refractivity contribution >= 4 is 16.8 Å². The Labute approximate surface area is 228 Å². The Morgan fingerprint density at radius 1 is 1.00 bits per heavy atom. The summed E-state index contributed by atoms with van der Waals surface area (Å²) in [5.74, 6) is 1.12. The van der Waals surface area contributed by atoms with Gasteiger partial charge in [0.2, 0.25) is 5.91 Å². The number of hydrogen-bond donors (Lipinski definition) is 2. The number of ether oxygens (including phenoxy) is 2. The molecule has 204 valence electrons. The van der Waals surface area contributed by atoms with Crippen molar-refractivity contribution in [3.05, 3.63) is 106 Å². The number of benzene rings is 3. The summed E-state index contributed by atoms with van der Waals surface area (Å²) in [5.41, 5.74) is 2.39. The normalized spacial score (nSPS) is 12.7. The number of fused-ring (bicyclic) bond motifs is 1. The van der Waals surface area contributed by atoms with Crippen LogP contribution in [0.5, 0.6) is 5.75 Å². The van der Waals surface area contributed by atoms with E-state index >= 15 is 0 Å². The third kappa shape index (κ3) is 7.10. The standard InChI is InChI=1S/C31H35N3O5/c1-3-29-32-26-13-9-8-12-25(26)31(37)34(29)18-19-39-24-16-14-22(15-17-24)20-28(38-4-2)30(36)33-27(21-35)23-10-6-5-7-11-23/h5-17,27-28,35H,3-4,18-21H2,1-2H3,(H,33,36). The average molecular weight is 530 g/mol. The van der Waals surface area contributed by atoms with Crippen LogP contribution in [-0.2, 0) is 28.9 Å². The van der Waals surface area contributed by atoms with E-state index in [2.05, 4.69) is 10.3 Å². The van der Waals surface area contributed by atoms with E-state index in [1.807, 2.05) is 86.6 Å². The van der Waals surface area contributed by atoms with Gasteiger partial charge in [-0.05, 0) is 42.3 Å². The highest BCUT2D eigenvalue weighted by molar-refractivity contribution is 5.81. The van der Waals surface area contributed by atoms with Crippen molar-refractivity contribution in [3.63, 3.8) is 0 Å². The minimum Gasteiger partial charge on any atom is -0.492 e. The number of carbonyl (C=O) groups excluding carboxylic acids is 1. The van der Waals surface area contributed by atoms with Crippen LogP contribution in [0.1, 0.15) is 36.8 Å². The lowest BCUT2D eigenvalue weighted by molar-refractivity contribution is -0.133. The Bertz CT molecular complexity index is 1420. The number of para-hydroxylation sites is 1. The zero-order valence-electron chi connectivity index (χ0n) is 22.4. The number of nitrogens with one attached hydrogen (secondary N) is 1. The number of aromatic nitrogens is 2. The Morgan fingerprint density at radius 3 is 2.41 bits per heavy atom. The molecule has 0 aliphatic carbocycles. The number of rotatable bonds is 13. The van der Waals surface area contributed by atoms with Crippen LogP contribution in [-0.4, -0.2) is 46.5 Å². The van der Waals surface area contributed by atoms with Gasteiger partial charge in [-0.3, -0.25) is 14.2 Å². The maximum absolute atomic E-state index is 13.0. The summed E-state index contributed by atoms with van der Waals surface area (Å²) in [6.45, 7) is 4.71. The van der Waals surface area contributed by atoms with Crippen molar-refractivity contribution in [1.82, 2.24) is 14.9 Å². The zero-order valence-corrected chi connectivity index (χ0v) is 22.4. The van der Waals surface area contributed by atoms with Crippen LogP contribution in [0.15, 0.2) is 83.7 Å². The summed E-state index contributed by atoms with van der Waals surface area (Å²) >= 11 is 0. The third-order valence-corrected chi connectivity index (χ3v) is 6.55. The van der Waals surface area contributed by atoms with E-state index in [0.717, 1.165) is 17.0 Å². The number of aryl methyl sites for hydroxylation is 1. The van der Waals surface area contributed by atoms with Crippen molar-refractivity contribution in [2.24, 2.45) is 0 Å². The van der Waals surface area contributed by atoms with E-state index in [1.54, 1.807) is 10.6 Å². The minimum absolute atomic E-state index is 0.0626. The monoisotopic (exact) mass is 529 g/mol. The van der Waals surface area contributed by atoms with Crippen molar-refractivity contribution in [2.45, 2.75) is 45.4 Å². The third-order valence-electron chi connectivity index (χ3n) is 6.55. The van der Waals surface area contributed by atoms with Gasteiger partial charge < -0.3 is 19.9 Å². The molecule has 0 radical (unpaired) electrons. The van der Waals surface area contributed by atoms with E-state index in [9.17, 15) is 14.7 Å². The van der Waals surface area contributed by atoms with Gasteiger partial charge in [0.25, 0.3) is 5.56 Å². The fraction of sp³-hybridized carbons (Fsp3) is 0.323. The number of nitrogens with zero attached hydrogens (tertiary/aromatic N) is 2. The van der Waals surface area contributed by atoms with Gasteiger partial charge in [-0.25, -0.2) is 4.98 Å². The number of amides is 1. The molecule has 0 aliphatic rings. The van der Waals surface area contributed by atoms with Crippen LogP contribution >= 0.6 is 0 Å². The SMILES string of the molecule is CCOC(Cc1ccc(OCCn2c(CC)nc3ccccc3c2=O)cc1)C(=O)NC(CO)c1ccccc1. The predicted octanol–water partition coefficient (Wildman–Crippen LogP) is 3.84. The molecule has 8 nitrogen and oxygen atoms in total. The lowest BCUT2D eigenvalue weighted by atomic mass is 10.0. The molecule has 1 heterocycles. The maximum Gasteiger partial charge on any atom is 0.261 e. The fourth-order valence-corrected chi connectivity index (χ4v) is 4.52. The fourth-order valence-electron chi connectivity index (χ4n) is 4.52. The Balaban J connectivity index is 1.36. The highest BCUT2D eigenvalue weighted by atomic mass is 16.5. The maximum atomic E-state index is 13.0. The largest absolute Gasteiger partial charge is 0.492 e. The molecule has 4 aromatic rings. The summed E-state index contributed by atoms with van der Waals surface area (Å²) in [6.07, 6.45) is 0.331. The van der Waals surface area contributed by atoms with Crippen molar-refractivity contribution in [1.29, 1.82) is 0 Å². The topological polar surface area (TPSA) is 103 Å². The first-order chi connectivity index (χ1) is 19.0. The minimum atomic E-state index is -0.695. The smallest absolute Gasteiger partial charge is 0.261 e. The Morgan fingerprint density at radius 2 is 1.72 bits per heavy atom. The first-order valence-corrected chi connectivity index (χ1v) is 13.3. The van der Waals surface area contributed by atoms with Gasteiger partial charge in [-0.2, -0.15) is 0 Å². The molecule has 0 aliphatic heterocycles. The second-order valence-corrected chi connectivity index (χ2v) is 9.15. The van der Waals surface area contributed by atoms with Gasteiger partial charge in [-0.1, -0.05) is 61.5 Å². The second-order valence-electron chi connectivity index (χ2n) is 9.15. The second kappa shape index (κ2) is 13.7. The quantitative estimate of drug-likeness (QED) is 0.273. The molecule has 4 rings (SSSR count). The molecule has 1 amide bonds. The lowest BCUT2D eigenvalue weighted by Crippen LogP contribution is -2.41. The van der Waals surface area contributed by atoms with Gasteiger partial charge in [0.1, 0.15) is 24.3 Å². The van der Waals surface area contributed by atoms with E-state index in [0.29, 0.717) is 49.3 Å². The first-order valence-electron chi connectivity index (χ1n) is 13.3. The molecular weight excluding hydrogens is 494 g/mol. The van der Waals surface area contributed by atoms with E-state index in [4.69, 9.17) is 9.47 Å². The molecule has 2 unspecified atom stereocenters. The van der Waals surface area contributed by atoms with E-state index < -0.39 is 12.1 Å². The first kappa shape index (κ1) is 28.0. The summed E-state index contributed by atoms with van der Waals surface area (Å²) in [6, 6.07) is 23.7. The molecule has 1 aromatic heterocycles. The van der Waals surface area contributed by atoms with Gasteiger partial charge in [0, 0.05) is 19.4 Å². The lowest BCUT2D eigenvalue weighted by Gasteiger charge is -2.22. The molecule has 39 heavy (non-hydrogen) atoms. The van der Waals surface area contributed by atoms with Crippen LogP contribution in [0, 0.1) is 0 Å². The van der Waals surface area contributed by atoms with Gasteiger partial charge >= 0.3 is 0 Å². The molecule has 8 heteroatoms. The molecule has 0 saturated carbocycles. The number of aliphatic hydroxyl groups excluding tert-OH is 1. The number of carbonyl (C=O) groups is 1. The summed E-state index contributed by atoms with van der Waals surface area (Å²) in [4.78, 5) is 30.6. The van der Waals surface area contributed by atoms with Gasteiger partial charge in [0.05, 0.1) is 30.1 Å². The highest BCUT2D eigenvalue weighted by Gasteiger charge is 2.23. The van der Waals surface area contributed by atoms with Crippen molar-refractivity contribution < 1.29 is 19.4 Å². The summed E-state index contributed by atoms with van der Waals surface area (Å²) < 4.78 is 13.3. The van der Waals surface area contributed by atoms with Gasteiger partial charge in [-0.15, -0.1) is 0 Å². The van der Waals surface area contributed by atoms with E-state index in [1.165, 1.54) is 0 Å². The van der Waals surface area contributed by atoms with Crippen molar-refractivity contribution in [3.8, 4) is 5.75 Å². The zero-order chi connectivity index (χ0) is 27.6. The average Bonchev–Trinajstić information content (AvgIpc) is 2.97. The number of aliphatic hydroxyl groups is 1. The number of hydrogen-bond acceptors (Lipinski definition) is 6. The van der Waals surface area contributed by atoms with Crippen LogP contribution in [0.3, 0.4) is 0 Å². The molecule has 0 spiro atoms. The predicted molar refractivity (Wildman–Crippen MR) is 151 cm³/mol. The van der Waals surface area contributed by atoms with Gasteiger partial charge in [0.15, 0.2) is 0 Å². The Kier molecular flexibility index (Phi) is 9.83. The summed E-state index contributed by atoms with van der Waals surface area (Å²) in [5, 5.41) is 13.3. The van der Waals surface area contributed by atoms with Crippen LogP contribution in [0.25, 0.3) is 10.9 Å². The molecule has 0 fully saturated rings. The molecular formula is C31H35N3O5. The highest BCUT2D eigenvalue weighted by Crippen LogP contribution is 2.17. The molecule has 0 saturated heterocycles. The van der Waals surface area contributed by atoms with E-state index in [-0.39, 0.29) is 18.1 Å². The molecule has 2 N–H and O–H groups in total. The Hall–Kier alpha value is -4.01. The molecule has 0 bridgehead atoms. The molecule has 2 atom stereocenters. The van der Waals surface area contributed by atoms with Crippen LogP contribution in [0.4, 0.5) is 0 Å². The van der Waals surface area contributed by atoms with Crippen LogP contribution in [0.2, 0.25) is 0 Å². The summed E-state index contributed by atoms with van der Waals surface area (Å²) in [7, 11) is 0. The van der Waals surface area contributed by atoms with Crippen LogP contribution < -0.4 is 15.6 Å².